The minimum absolute atomic E-state index is 0.0750. The Hall–Kier alpha value is -1.76. The van der Waals surface area contributed by atoms with E-state index in [2.05, 4.69) is 5.32 Å². The molecule has 1 atom stereocenters. The van der Waals surface area contributed by atoms with Crippen LogP contribution in [0.3, 0.4) is 0 Å². The SMILES string of the molecule is CN1SC[C@@](C)(c2cccc([N+](=O)[O-])c2)NC1=N. The Morgan fingerprint density at radius 2 is 2.33 bits per heavy atom. The third-order valence-corrected chi connectivity index (χ3v) is 4.23. The van der Waals surface area contributed by atoms with Crippen molar-refractivity contribution in [1.82, 2.24) is 9.62 Å². The van der Waals surface area contributed by atoms with E-state index in [4.69, 9.17) is 5.41 Å². The number of nitro groups is 1. The van der Waals surface area contributed by atoms with Gasteiger partial charge in [-0.25, -0.2) is 0 Å². The molecule has 2 rings (SSSR count). The van der Waals surface area contributed by atoms with Gasteiger partial charge in [0.15, 0.2) is 0 Å². The molecule has 1 fully saturated rings. The highest BCUT2D eigenvalue weighted by Gasteiger charge is 2.34. The van der Waals surface area contributed by atoms with Gasteiger partial charge in [-0.1, -0.05) is 12.1 Å². The maximum Gasteiger partial charge on any atom is 0.269 e. The Balaban J connectivity index is 2.33. The van der Waals surface area contributed by atoms with Crippen LogP contribution in [0.1, 0.15) is 12.5 Å². The van der Waals surface area contributed by atoms with Gasteiger partial charge < -0.3 is 5.32 Å². The van der Waals surface area contributed by atoms with Crippen molar-refractivity contribution in [3.8, 4) is 0 Å². The molecule has 0 aromatic heterocycles. The number of benzene rings is 1. The molecule has 1 aromatic carbocycles. The second-order valence-electron chi connectivity index (χ2n) is 4.38. The van der Waals surface area contributed by atoms with Crippen molar-refractivity contribution in [3.63, 3.8) is 0 Å². The number of non-ortho nitro benzene ring substituents is 1. The average molecular weight is 266 g/mol. The van der Waals surface area contributed by atoms with Gasteiger partial charge in [0.2, 0.25) is 5.96 Å². The van der Waals surface area contributed by atoms with Crippen molar-refractivity contribution in [1.29, 1.82) is 5.41 Å². The number of nitro benzene ring substituents is 1. The Kier molecular flexibility index (Phi) is 3.16. The van der Waals surface area contributed by atoms with Gasteiger partial charge in [-0.3, -0.25) is 19.8 Å². The van der Waals surface area contributed by atoms with Crippen LogP contribution in [0.25, 0.3) is 0 Å². The molecule has 0 spiro atoms. The standard InChI is InChI=1S/C11H14N4O2S/c1-11(7-18-14(2)10(12)13-11)8-4-3-5-9(6-8)15(16)17/h3-6H,7H2,1-2H3,(H2,12,13)/t11-/m0/s1. The van der Waals surface area contributed by atoms with Crippen LogP contribution in [0.4, 0.5) is 5.69 Å². The number of nitrogens with zero attached hydrogens (tertiary/aromatic N) is 2. The van der Waals surface area contributed by atoms with Crippen molar-refractivity contribution < 1.29 is 4.92 Å². The maximum absolute atomic E-state index is 10.8. The summed E-state index contributed by atoms with van der Waals surface area (Å²) in [5.41, 5.74) is 0.438. The molecule has 6 nitrogen and oxygen atoms in total. The summed E-state index contributed by atoms with van der Waals surface area (Å²) >= 11 is 1.52. The van der Waals surface area contributed by atoms with Crippen molar-refractivity contribution in [2.45, 2.75) is 12.5 Å². The van der Waals surface area contributed by atoms with E-state index >= 15 is 0 Å². The van der Waals surface area contributed by atoms with Crippen molar-refractivity contribution in [2.24, 2.45) is 0 Å². The van der Waals surface area contributed by atoms with Crippen molar-refractivity contribution >= 4 is 23.6 Å². The fraction of sp³-hybridized carbons (Fsp3) is 0.364. The third kappa shape index (κ3) is 2.26. The fourth-order valence-corrected chi connectivity index (χ4v) is 2.65. The average Bonchev–Trinajstić information content (AvgIpc) is 2.34. The molecule has 0 bridgehead atoms. The van der Waals surface area contributed by atoms with E-state index in [9.17, 15) is 10.1 Å². The van der Waals surface area contributed by atoms with E-state index in [1.54, 1.807) is 16.4 Å². The zero-order chi connectivity index (χ0) is 13.3. The third-order valence-electron chi connectivity index (χ3n) is 2.95. The summed E-state index contributed by atoms with van der Waals surface area (Å²) in [6.07, 6.45) is 0. The fourth-order valence-electron chi connectivity index (χ4n) is 1.78. The molecule has 96 valence electrons. The minimum atomic E-state index is -0.458. The van der Waals surface area contributed by atoms with Crippen LogP contribution < -0.4 is 5.32 Å². The summed E-state index contributed by atoms with van der Waals surface area (Å²) in [6.45, 7) is 1.95. The Morgan fingerprint density at radius 1 is 1.61 bits per heavy atom. The molecule has 0 aliphatic carbocycles. The van der Waals surface area contributed by atoms with Gasteiger partial charge in [0.1, 0.15) is 0 Å². The Morgan fingerprint density at radius 3 is 2.94 bits per heavy atom. The predicted molar refractivity (Wildman–Crippen MR) is 71.5 cm³/mol. The molecule has 7 heteroatoms. The van der Waals surface area contributed by atoms with Crippen LogP contribution in [0, 0.1) is 15.5 Å². The van der Waals surface area contributed by atoms with E-state index < -0.39 is 10.5 Å². The summed E-state index contributed by atoms with van der Waals surface area (Å²) in [6, 6.07) is 6.55. The van der Waals surface area contributed by atoms with Crippen LogP contribution in [-0.4, -0.2) is 28.0 Å². The van der Waals surface area contributed by atoms with Gasteiger partial charge >= 0.3 is 0 Å². The molecule has 1 saturated heterocycles. The number of rotatable bonds is 2. The zero-order valence-electron chi connectivity index (χ0n) is 10.1. The number of hydrogen-bond donors (Lipinski definition) is 2. The van der Waals surface area contributed by atoms with Crippen LogP contribution in [0.5, 0.6) is 0 Å². The van der Waals surface area contributed by atoms with Gasteiger partial charge in [-0.2, -0.15) is 0 Å². The van der Waals surface area contributed by atoms with Crippen LogP contribution in [0.2, 0.25) is 0 Å². The summed E-state index contributed by atoms with van der Waals surface area (Å²) < 4.78 is 1.74. The molecule has 1 heterocycles. The molecule has 1 aliphatic heterocycles. The van der Waals surface area contributed by atoms with Gasteiger partial charge in [0, 0.05) is 24.9 Å². The van der Waals surface area contributed by atoms with Gasteiger partial charge in [-0.15, -0.1) is 0 Å². The molecular formula is C11H14N4O2S. The second-order valence-corrected chi connectivity index (χ2v) is 5.48. The zero-order valence-corrected chi connectivity index (χ0v) is 11.0. The van der Waals surface area contributed by atoms with E-state index in [0.29, 0.717) is 11.7 Å². The molecule has 0 unspecified atom stereocenters. The first-order valence-electron chi connectivity index (χ1n) is 5.41. The first kappa shape index (κ1) is 12.7. The molecule has 1 aliphatic rings. The van der Waals surface area contributed by atoms with E-state index in [-0.39, 0.29) is 5.69 Å². The summed E-state index contributed by atoms with van der Waals surface area (Å²) in [7, 11) is 1.81. The van der Waals surface area contributed by atoms with E-state index in [1.165, 1.54) is 18.0 Å². The highest BCUT2D eigenvalue weighted by atomic mass is 32.2. The predicted octanol–water partition coefficient (Wildman–Crippen LogP) is 1.93. The highest BCUT2D eigenvalue weighted by Crippen LogP contribution is 2.32. The van der Waals surface area contributed by atoms with Crippen molar-refractivity contribution in [2.75, 3.05) is 12.8 Å². The van der Waals surface area contributed by atoms with Gasteiger partial charge in [0.05, 0.1) is 10.5 Å². The lowest BCUT2D eigenvalue weighted by Crippen LogP contribution is -2.53. The minimum Gasteiger partial charge on any atom is -0.346 e. The molecule has 1 aromatic rings. The molecule has 0 radical (unpaired) electrons. The van der Waals surface area contributed by atoms with Gasteiger partial charge in [-0.05, 0) is 24.4 Å². The highest BCUT2D eigenvalue weighted by molar-refractivity contribution is 7.97. The molecule has 0 amide bonds. The van der Waals surface area contributed by atoms with E-state index in [0.717, 1.165) is 5.56 Å². The van der Waals surface area contributed by atoms with Gasteiger partial charge in [0.25, 0.3) is 5.69 Å². The van der Waals surface area contributed by atoms with Crippen LogP contribution >= 0.6 is 11.9 Å². The normalized spacial score (nSPS) is 23.7. The first-order chi connectivity index (χ1) is 8.42. The molecule has 0 saturated carbocycles. The van der Waals surface area contributed by atoms with Crippen LogP contribution in [-0.2, 0) is 5.54 Å². The summed E-state index contributed by atoms with van der Waals surface area (Å²) in [4.78, 5) is 10.4. The maximum atomic E-state index is 10.8. The number of nitrogens with one attached hydrogen (secondary N) is 2. The van der Waals surface area contributed by atoms with Crippen molar-refractivity contribution in [3.05, 3.63) is 39.9 Å². The summed E-state index contributed by atoms with van der Waals surface area (Å²) in [5.74, 6) is 1.02. The Bertz CT molecular complexity index is 508. The quantitative estimate of drug-likeness (QED) is 0.485. The lowest BCUT2D eigenvalue weighted by molar-refractivity contribution is -0.385. The second kappa shape index (κ2) is 4.49. The first-order valence-corrected chi connectivity index (χ1v) is 6.35. The largest absolute Gasteiger partial charge is 0.346 e. The van der Waals surface area contributed by atoms with E-state index in [1.807, 2.05) is 20.0 Å². The number of guanidine groups is 1. The Labute approximate surface area is 109 Å². The molecule has 18 heavy (non-hydrogen) atoms. The van der Waals surface area contributed by atoms with Crippen LogP contribution in [0.15, 0.2) is 24.3 Å². The molecule has 2 N–H and O–H groups in total. The lowest BCUT2D eigenvalue weighted by Gasteiger charge is -2.39. The lowest BCUT2D eigenvalue weighted by atomic mass is 9.93. The summed E-state index contributed by atoms with van der Waals surface area (Å²) in [5, 5.41) is 21.7. The smallest absolute Gasteiger partial charge is 0.269 e. The topological polar surface area (TPSA) is 82.3 Å². The molecular weight excluding hydrogens is 252 g/mol. The monoisotopic (exact) mass is 266 g/mol. The number of hydrogen-bond acceptors (Lipinski definition) is 4.